The van der Waals surface area contributed by atoms with Gasteiger partial charge < -0.3 is 14.8 Å². The standard InChI is InChI=1S/C13H12FN3O/c1-7-6-17(2)13-9(7)3-8(4-10(13)14)11-5-12(15)18-16-11/h3-6H,15H2,1-2H3. The number of nitrogens with two attached hydrogens (primary N) is 1. The summed E-state index contributed by atoms with van der Waals surface area (Å²) in [5, 5.41) is 4.67. The molecule has 3 rings (SSSR count). The highest BCUT2D eigenvalue weighted by Crippen LogP contribution is 2.29. The highest BCUT2D eigenvalue weighted by atomic mass is 19.1. The van der Waals surface area contributed by atoms with Crippen LogP contribution in [0.1, 0.15) is 5.56 Å². The van der Waals surface area contributed by atoms with E-state index in [1.807, 2.05) is 26.2 Å². The molecule has 0 aliphatic carbocycles. The van der Waals surface area contributed by atoms with Gasteiger partial charge in [0.1, 0.15) is 11.5 Å². The van der Waals surface area contributed by atoms with Crippen molar-refractivity contribution >= 4 is 16.8 Å². The lowest BCUT2D eigenvalue weighted by Gasteiger charge is -2.01. The van der Waals surface area contributed by atoms with Crippen LogP contribution in [0.4, 0.5) is 10.3 Å². The Morgan fingerprint density at radius 3 is 2.78 bits per heavy atom. The van der Waals surface area contributed by atoms with Crippen LogP contribution in [0.3, 0.4) is 0 Å². The number of nitrogen functional groups attached to an aromatic ring is 1. The first-order valence-corrected chi connectivity index (χ1v) is 5.54. The summed E-state index contributed by atoms with van der Waals surface area (Å²) in [7, 11) is 1.83. The van der Waals surface area contributed by atoms with Gasteiger partial charge in [-0.1, -0.05) is 5.16 Å². The molecule has 0 aliphatic heterocycles. The van der Waals surface area contributed by atoms with Crippen LogP contribution in [0.15, 0.2) is 28.9 Å². The molecule has 0 unspecified atom stereocenters. The van der Waals surface area contributed by atoms with E-state index in [2.05, 4.69) is 5.16 Å². The summed E-state index contributed by atoms with van der Waals surface area (Å²) in [6.45, 7) is 1.95. The van der Waals surface area contributed by atoms with Crippen LogP contribution in [0.25, 0.3) is 22.2 Å². The van der Waals surface area contributed by atoms with E-state index in [0.29, 0.717) is 16.8 Å². The van der Waals surface area contributed by atoms with Crippen LogP contribution in [0.2, 0.25) is 0 Å². The topological polar surface area (TPSA) is 57.0 Å². The van der Waals surface area contributed by atoms with Gasteiger partial charge in [0, 0.05) is 30.3 Å². The predicted molar refractivity (Wildman–Crippen MR) is 67.5 cm³/mol. The number of fused-ring (bicyclic) bond motifs is 1. The van der Waals surface area contributed by atoms with Gasteiger partial charge in [-0.2, -0.15) is 0 Å². The second-order valence-electron chi connectivity index (χ2n) is 4.39. The number of aromatic nitrogens is 2. The Morgan fingerprint density at radius 1 is 1.33 bits per heavy atom. The molecule has 1 aromatic carbocycles. The van der Waals surface area contributed by atoms with Gasteiger partial charge in [0.2, 0.25) is 5.88 Å². The Balaban J connectivity index is 2.30. The quantitative estimate of drug-likeness (QED) is 0.717. The minimum Gasteiger partial charge on any atom is -0.368 e. The van der Waals surface area contributed by atoms with Gasteiger partial charge in [-0.3, -0.25) is 0 Å². The maximum Gasteiger partial charge on any atom is 0.222 e. The van der Waals surface area contributed by atoms with E-state index in [4.69, 9.17) is 10.3 Å². The number of benzene rings is 1. The summed E-state index contributed by atoms with van der Waals surface area (Å²) < 4.78 is 20.7. The maximum atomic E-state index is 14.1. The molecule has 0 radical (unpaired) electrons. The van der Waals surface area contributed by atoms with E-state index < -0.39 is 0 Å². The van der Waals surface area contributed by atoms with Crippen molar-refractivity contribution in [2.24, 2.45) is 7.05 Å². The van der Waals surface area contributed by atoms with Crippen molar-refractivity contribution < 1.29 is 8.91 Å². The second-order valence-corrected chi connectivity index (χ2v) is 4.39. The zero-order valence-electron chi connectivity index (χ0n) is 10.1. The van der Waals surface area contributed by atoms with E-state index in [-0.39, 0.29) is 11.7 Å². The Hall–Kier alpha value is -2.30. The Bertz CT molecular complexity index is 742. The van der Waals surface area contributed by atoms with Crippen molar-refractivity contribution in [2.75, 3.05) is 5.73 Å². The summed E-state index contributed by atoms with van der Waals surface area (Å²) in [6, 6.07) is 4.92. The molecule has 0 amide bonds. The third-order valence-corrected chi connectivity index (χ3v) is 3.05. The van der Waals surface area contributed by atoms with Gasteiger partial charge in [-0.25, -0.2) is 4.39 Å². The monoisotopic (exact) mass is 245 g/mol. The summed E-state index contributed by atoms with van der Waals surface area (Å²) in [4.78, 5) is 0. The third kappa shape index (κ3) is 1.48. The summed E-state index contributed by atoms with van der Waals surface area (Å²) >= 11 is 0. The molecule has 18 heavy (non-hydrogen) atoms. The van der Waals surface area contributed by atoms with Crippen LogP contribution in [0, 0.1) is 12.7 Å². The third-order valence-electron chi connectivity index (χ3n) is 3.05. The number of hydrogen-bond donors (Lipinski definition) is 1. The van der Waals surface area contributed by atoms with E-state index in [1.54, 1.807) is 10.6 Å². The molecule has 0 aliphatic rings. The van der Waals surface area contributed by atoms with Crippen LogP contribution >= 0.6 is 0 Å². The lowest BCUT2D eigenvalue weighted by atomic mass is 10.1. The lowest BCUT2D eigenvalue weighted by molar-refractivity contribution is 0.439. The fourth-order valence-electron chi connectivity index (χ4n) is 2.26. The highest BCUT2D eigenvalue weighted by molar-refractivity contribution is 5.88. The molecule has 4 nitrogen and oxygen atoms in total. The molecule has 3 aromatic rings. The first-order chi connectivity index (χ1) is 8.56. The van der Waals surface area contributed by atoms with E-state index in [9.17, 15) is 4.39 Å². The number of rotatable bonds is 1. The smallest absolute Gasteiger partial charge is 0.222 e. The lowest BCUT2D eigenvalue weighted by Crippen LogP contribution is -1.89. The molecule has 2 N–H and O–H groups in total. The van der Waals surface area contributed by atoms with E-state index >= 15 is 0 Å². The van der Waals surface area contributed by atoms with Crippen LogP contribution < -0.4 is 5.73 Å². The van der Waals surface area contributed by atoms with Gasteiger partial charge in [-0.15, -0.1) is 0 Å². The van der Waals surface area contributed by atoms with Crippen molar-refractivity contribution in [3.63, 3.8) is 0 Å². The van der Waals surface area contributed by atoms with Crippen molar-refractivity contribution in [2.45, 2.75) is 6.92 Å². The Kier molecular flexibility index (Phi) is 2.16. The van der Waals surface area contributed by atoms with Gasteiger partial charge >= 0.3 is 0 Å². The Labute approximate surface area is 103 Å². The number of nitrogens with zero attached hydrogens (tertiary/aromatic N) is 2. The minimum absolute atomic E-state index is 0.218. The first kappa shape index (κ1) is 10.8. The van der Waals surface area contributed by atoms with Crippen molar-refractivity contribution in [3.05, 3.63) is 35.8 Å². The molecule has 0 spiro atoms. The van der Waals surface area contributed by atoms with Crippen LogP contribution in [0.5, 0.6) is 0 Å². The number of halogens is 1. The molecule has 0 saturated heterocycles. The number of anilines is 1. The SMILES string of the molecule is Cc1cn(C)c2c(F)cc(-c3cc(N)on3)cc12. The molecule has 0 atom stereocenters. The number of hydrogen-bond acceptors (Lipinski definition) is 3. The maximum absolute atomic E-state index is 14.1. The van der Waals surface area contributed by atoms with Crippen molar-refractivity contribution in [1.82, 2.24) is 9.72 Å². The van der Waals surface area contributed by atoms with Gasteiger partial charge in [0.05, 0.1) is 5.52 Å². The van der Waals surface area contributed by atoms with Crippen molar-refractivity contribution in [3.8, 4) is 11.3 Å². The normalized spacial score (nSPS) is 11.3. The largest absolute Gasteiger partial charge is 0.368 e. The zero-order valence-corrected chi connectivity index (χ0v) is 10.1. The van der Waals surface area contributed by atoms with Crippen molar-refractivity contribution in [1.29, 1.82) is 0 Å². The first-order valence-electron chi connectivity index (χ1n) is 5.54. The second kappa shape index (κ2) is 3.60. The summed E-state index contributed by atoms with van der Waals surface area (Å²) in [5.74, 6) is -0.0602. The summed E-state index contributed by atoms with van der Waals surface area (Å²) in [6.07, 6.45) is 1.90. The van der Waals surface area contributed by atoms with Crippen LogP contribution in [-0.4, -0.2) is 9.72 Å². The molecular formula is C13H12FN3O. The molecule has 0 bridgehead atoms. The summed E-state index contributed by atoms with van der Waals surface area (Å²) in [5.41, 5.74) is 8.28. The molecule has 2 heterocycles. The van der Waals surface area contributed by atoms with E-state index in [0.717, 1.165) is 10.9 Å². The van der Waals surface area contributed by atoms with Crippen LogP contribution in [-0.2, 0) is 7.05 Å². The van der Waals surface area contributed by atoms with Gasteiger partial charge in [0.25, 0.3) is 0 Å². The number of aryl methyl sites for hydroxylation is 2. The molecular weight excluding hydrogens is 233 g/mol. The molecule has 0 saturated carbocycles. The predicted octanol–water partition coefficient (Wildman–Crippen LogP) is 2.86. The van der Waals surface area contributed by atoms with Gasteiger partial charge in [0.15, 0.2) is 0 Å². The molecule has 5 heteroatoms. The van der Waals surface area contributed by atoms with Gasteiger partial charge in [-0.05, 0) is 24.6 Å². The Morgan fingerprint density at radius 2 is 2.11 bits per heavy atom. The minimum atomic E-state index is -0.278. The average Bonchev–Trinajstić information content (AvgIpc) is 2.84. The highest BCUT2D eigenvalue weighted by Gasteiger charge is 2.13. The fourth-order valence-corrected chi connectivity index (χ4v) is 2.26. The van der Waals surface area contributed by atoms with E-state index in [1.165, 1.54) is 6.07 Å². The fraction of sp³-hybridized carbons (Fsp3) is 0.154. The molecule has 0 fully saturated rings. The molecule has 2 aromatic heterocycles. The molecule has 92 valence electrons. The average molecular weight is 245 g/mol. The zero-order chi connectivity index (χ0) is 12.9.